The van der Waals surface area contributed by atoms with Crippen LogP contribution in [0.15, 0.2) is 0 Å². The summed E-state index contributed by atoms with van der Waals surface area (Å²) in [6.07, 6.45) is -5.07. The van der Waals surface area contributed by atoms with Crippen LogP contribution >= 0.6 is 0 Å². The topological polar surface area (TPSA) is 156 Å². The monoisotopic (exact) mass is 460 g/mol. The van der Waals surface area contributed by atoms with Gasteiger partial charge in [-0.05, 0) is 41.5 Å². The molecule has 0 spiro atoms. The van der Waals surface area contributed by atoms with Crippen molar-refractivity contribution in [1.82, 2.24) is 10.4 Å². The Hall–Kier alpha value is -2.93. The fourth-order valence-electron chi connectivity index (χ4n) is 3.13. The largest absolute Gasteiger partial charge is 0.459 e. The van der Waals surface area contributed by atoms with E-state index in [0.717, 1.165) is 13.8 Å². The smallest absolute Gasteiger partial charge is 0.430 e. The molecule has 0 bridgehead atoms. The molecule has 0 aliphatic carbocycles. The lowest BCUT2D eigenvalue weighted by atomic mass is 9.97. The molecule has 2 rings (SSSR count). The van der Waals surface area contributed by atoms with Crippen molar-refractivity contribution in [2.24, 2.45) is 0 Å². The van der Waals surface area contributed by atoms with Crippen molar-refractivity contribution >= 4 is 29.9 Å². The molecule has 0 saturated carbocycles. The van der Waals surface area contributed by atoms with Gasteiger partial charge in [0, 0.05) is 0 Å². The van der Waals surface area contributed by atoms with Gasteiger partial charge in [-0.1, -0.05) is 0 Å². The summed E-state index contributed by atoms with van der Waals surface area (Å²) in [5.74, 6) is -3.74. The van der Waals surface area contributed by atoms with E-state index >= 15 is 0 Å². The third-order valence-corrected chi connectivity index (χ3v) is 4.83. The third kappa shape index (κ3) is 5.10. The van der Waals surface area contributed by atoms with Gasteiger partial charge in [0.05, 0.1) is 13.2 Å². The van der Waals surface area contributed by atoms with Gasteiger partial charge in [-0.3, -0.25) is 4.79 Å². The van der Waals surface area contributed by atoms with Crippen LogP contribution in [0.2, 0.25) is 0 Å². The second-order valence-corrected chi connectivity index (χ2v) is 7.59. The molecule has 13 nitrogen and oxygen atoms in total. The van der Waals surface area contributed by atoms with Crippen LogP contribution < -0.4 is 5.43 Å². The van der Waals surface area contributed by atoms with Crippen LogP contribution in [0.25, 0.3) is 0 Å². The molecule has 2 amide bonds. The number of cyclic esters (lactones) is 1. The number of Topliss-reactive ketones (excluding diaryl/α,β-unsaturated/α-hetero) is 1. The van der Waals surface area contributed by atoms with E-state index < -0.39 is 66.2 Å². The average molecular weight is 460 g/mol. The standard InChI is InChI=1S/C19H28N2O11/c1-7-27-16(25)20-21(17(26)28-8-2)19(6,10(3)22)15(24)29-9-11-12-13(14(23)30-11)32-18(4,5)31-12/h11-13H,7-9H2,1-6H3,(H,20,25)/t11-,12-,13-,19-/m1/s1. The summed E-state index contributed by atoms with van der Waals surface area (Å²) >= 11 is 0. The van der Waals surface area contributed by atoms with E-state index in [-0.39, 0.29) is 13.2 Å². The predicted octanol–water partition coefficient (Wildman–Crippen LogP) is 0.442. The van der Waals surface area contributed by atoms with Crippen molar-refractivity contribution in [2.75, 3.05) is 19.8 Å². The van der Waals surface area contributed by atoms with Crippen molar-refractivity contribution in [2.45, 2.75) is 71.2 Å². The van der Waals surface area contributed by atoms with E-state index in [1.807, 2.05) is 5.43 Å². The van der Waals surface area contributed by atoms with Crippen LogP contribution in [-0.4, -0.2) is 84.4 Å². The highest BCUT2D eigenvalue weighted by Gasteiger charge is 2.57. The Balaban J connectivity index is 2.19. The molecule has 0 aromatic rings. The summed E-state index contributed by atoms with van der Waals surface area (Å²) in [4.78, 5) is 61.7. The molecule has 2 heterocycles. The van der Waals surface area contributed by atoms with Crippen molar-refractivity contribution < 1.29 is 52.4 Å². The molecule has 4 atom stereocenters. The van der Waals surface area contributed by atoms with E-state index in [2.05, 4.69) is 0 Å². The van der Waals surface area contributed by atoms with Crippen molar-refractivity contribution in [3.8, 4) is 0 Å². The second kappa shape index (κ2) is 9.69. The number of amides is 2. The number of rotatable bonds is 7. The number of ether oxygens (including phenoxy) is 6. The van der Waals surface area contributed by atoms with Gasteiger partial charge in [0.15, 0.2) is 23.8 Å². The molecule has 32 heavy (non-hydrogen) atoms. The maximum atomic E-state index is 13.0. The molecule has 0 radical (unpaired) electrons. The van der Waals surface area contributed by atoms with Gasteiger partial charge in [-0.15, -0.1) is 0 Å². The third-order valence-electron chi connectivity index (χ3n) is 4.83. The molecule has 2 aliphatic rings. The van der Waals surface area contributed by atoms with E-state index in [1.165, 1.54) is 13.8 Å². The first kappa shape index (κ1) is 25.3. The van der Waals surface area contributed by atoms with E-state index in [1.54, 1.807) is 13.8 Å². The van der Waals surface area contributed by atoms with Gasteiger partial charge >= 0.3 is 24.1 Å². The first-order valence-electron chi connectivity index (χ1n) is 10.0. The Morgan fingerprint density at radius 2 is 1.72 bits per heavy atom. The Labute approximate surface area is 184 Å². The summed E-state index contributed by atoms with van der Waals surface area (Å²) in [7, 11) is 0. The number of fused-ring (bicyclic) bond motifs is 1. The van der Waals surface area contributed by atoms with Crippen LogP contribution in [0.5, 0.6) is 0 Å². The molecular formula is C19H28N2O11. The first-order valence-corrected chi connectivity index (χ1v) is 10.0. The number of carbonyl (C=O) groups excluding carboxylic acids is 5. The first-order chi connectivity index (χ1) is 14.9. The maximum Gasteiger partial charge on any atom is 0.430 e. The van der Waals surface area contributed by atoms with Gasteiger partial charge in [0.1, 0.15) is 12.7 Å². The van der Waals surface area contributed by atoms with Crippen molar-refractivity contribution in [3.63, 3.8) is 0 Å². The van der Waals surface area contributed by atoms with E-state index in [9.17, 15) is 24.0 Å². The fraction of sp³-hybridized carbons (Fsp3) is 0.737. The number of esters is 2. The molecule has 180 valence electrons. The number of nitrogens with one attached hydrogen (secondary N) is 1. The Morgan fingerprint density at radius 3 is 2.28 bits per heavy atom. The highest BCUT2D eigenvalue weighted by molar-refractivity contribution is 6.09. The van der Waals surface area contributed by atoms with Crippen LogP contribution in [0.1, 0.15) is 41.5 Å². The van der Waals surface area contributed by atoms with Crippen LogP contribution in [0.3, 0.4) is 0 Å². The van der Waals surface area contributed by atoms with E-state index in [0.29, 0.717) is 5.01 Å². The summed E-state index contributed by atoms with van der Waals surface area (Å²) in [5.41, 5.74) is -0.278. The summed E-state index contributed by atoms with van der Waals surface area (Å²) < 4.78 is 31.0. The molecule has 0 aromatic heterocycles. The van der Waals surface area contributed by atoms with Crippen molar-refractivity contribution in [1.29, 1.82) is 0 Å². The zero-order chi connectivity index (χ0) is 24.3. The zero-order valence-corrected chi connectivity index (χ0v) is 18.8. The number of hydrogen-bond acceptors (Lipinski definition) is 11. The molecule has 2 fully saturated rings. The second-order valence-electron chi connectivity index (χ2n) is 7.59. The summed E-state index contributed by atoms with van der Waals surface area (Å²) in [5, 5.41) is 0.404. The Kier molecular flexibility index (Phi) is 7.67. The molecule has 0 aromatic carbocycles. The molecule has 2 saturated heterocycles. The Morgan fingerprint density at radius 1 is 1.09 bits per heavy atom. The molecule has 2 aliphatic heterocycles. The summed E-state index contributed by atoms with van der Waals surface area (Å²) in [6.45, 7) is 7.75. The predicted molar refractivity (Wildman–Crippen MR) is 103 cm³/mol. The quantitative estimate of drug-likeness (QED) is 0.243. The number of carbonyl (C=O) groups is 5. The number of hydrogen-bond donors (Lipinski definition) is 1. The normalized spacial score (nSPS) is 25.1. The van der Waals surface area contributed by atoms with Crippen LogP contribution in [0, 0.1) is 0 Å². The zero-order valence-electron chi connectivity index (χ0n) is 18.8. The van der Waals surface area contributed by atoms with Gasteiger partial charge in [-0.2, -0.15) is 5.01 Å². The van der Waals surface area contributed by atoms with Crippen LogP contribution in [-0.2, 0) is 42.8 Å². The minimum atomic E-state index is -2.31. The maximum absolute atomic E-state index is 13.0. The highest BCUT2D eigenvalue weighted by atomic mass is 16.8. The lowest BCUT2D eigenvalue weighted by Gasteiger charge is -2.35. The fourth-order valence-corrected chi connectivity index (χ4v) is 3.13. The lowest BCUT2D eigenvalue weighted by Crippen LogP contribution is -2.66. The number of hydrazine groups is 1. The number of nitrogens with zero attached hydrogens (tertiary/aromatic N) is 1. The number of ketones is 1. The van der Waals surface area contributed by atoms with Gasteiger partial charge in [0.25, 0.3) is 0 Å². The van der Waals surface area contributed by atoms with Gasteiger partial charge in [-0.25, -0.2) is 24.6 Å². The SMILES string of the molecule is CCOC(=O)NN(C(=O)OCC)[C@](C)(C(C)=O)C(=O)OC[C@H]1OC(=O)[C@@H]2OC(C)(C)O[C@H]12. The molecule has 0 unspecified atom stereocenters. The lowest BCUT2D eigenvalue weighted by molar-refractivity contribution is -0.192. The highest BCUT2D eigenvalue weighted by Crippen LogP contribution is 2.36. The van der Waals surface area contributed by atoms with Gasteiger partial charge < -0.3 is 28.4 Å². The Bertz CT molecular complexity index is 783. The summed E-state index contributed by atoms with van der Waals surface area (Å²) in [6, 6.07) is 0. The molecular weight excluding hydrogens is 432 g/mol. The molecule has 13 heteroatoms. The minimum Gasteiger partial charge on any atom is -0.459 e. The van der Waals surface area contributed by atoms with Crippen molar-refractivity contribution in [3.05, 3.63) is 0 Å². The van der Waals surface area contributed by atoms with Gasteiger partial charge in [0.2, 0.25) is 5.54 Å². The minimum absolute atomic E-state index is 0.0300. The average Bonchev–Trinajstić information content (AvgIpc) is 3.17. The molecule has 1 N–H and O–H groups in total. The van der Waals surface area contributed by atoms with E-state index in [4.69, 9.17) is 28.4 Å². The van der Waals surface area contributed by atoms with Crippen LogP contribution in [0.4, 0.5) is 9.59 Å².